The van der Waals surface area contributed by atoms with Gasteiger partial charge in [-0.3, -0.25) is 4.99 Å². The van der Waals surface area contributed by atoms with Crippen molar-refractivity contribution in [1.82, 2.24) is 0 Å². The second-order valence-corrected chi connectivity index (χ2v) is 7.64. The maximum atomic E-state index is 14.2. The number of aryl methyl sites for hydroxylation is 1. The number of hydrogen-bond acceptors (Lipinski definition) is 2. The van der Waals surface area contributed by atoms with Gasteiger partial charge in [0.1, 0.15) is 5.41 Å². The standard InChI is InChI=1S/C21H14F9NO2/c1-10-4-11(2-3-15(10)17(32)33)16-8-18(9-31-16,21(28,29)30)12-5-13(19(22,23)24)7-14(6-12)20(25,26)27/h2-7,9,16H,8H2,1H3,(H,32,33). The molecule has 1 aliphatic rings. The van der Waals surface area contributed by atoms with Crippen molar-refractivity contribution in [3.63, 3.8) is 0 Å². The summed E-state index contributed by atoms with van der Waals surface area (Å²) in [6.45, 7) is 1.39. The van der Waals surface area contributed by atoms with Gasteiger partial charge in [0.2, 0.25) is 0 Å². The molecule has 0 aromatic heterocycles. The second-order valence-electron chi connectivity index (χ2n) is 7.64. The number of halogens is 9. The first-order valence-corrected chi connectivity index (χ1v) is 9.20. The highest BCUT2D eigenvalue weighted by Crippen LogP contribution is 2.52. The van der Waals surface area contributed by atoms with E-state index in [2.05, 4.69) is 4.99 Å². The number of aliphatic imine (C=N–C) groups is 1. The number of benzene rings is 2. The number of carboxylic acid groups (broad SMARTS) is 1. The smallest absolute Gasteiger partial charge is 0.416 e. The number of hydrogen-bond donors (Lipinski definition) is 1. The Morgan fingerprint density at radius 1 is 0.939 bits per heavy atom. The van der Waals surface area contributed by atoms with E-state index in [0.717, 1.165) is 6.07 Å². The molecule has 12 heteroatoms. The maximum Gasteiger partial charge on any atom is 0.416 e. The van der Waals surface area contributed by atoms with Crippen molar-refractivity contribution < 1.29 is 49.4 Å². The molecule has 1 heterocycles. The Morgan fingerprint density at radius 3 is 1.91 bits per heavy atom. The Labute approximate surface area is 180 Å². The molecule has 0 saturated carbocycles. The summed E-state index contributed by atoms with van der Waals surface area (Å²) in [5.74, 6) is -1.28. The Morgan fingerprint density at radius 2 is 1.48 bits per heavy atom. The Kier molecular flexibility index (Phi) is 5.79. The maximum absolute atomic E-state index is 14.2. The van der Waals surface area contributed by atoms with Crippen LogP contribution < -0.4 is 0 Å². The molecule has 1 N–H and O–H groups in total. The number of aromatic carboxylic acids is 1. The van der Waals surface area contributed by atoms with Crippen molar-refractivity contribution in [2.45, 2.75) is 43.3 Å². The molecule has 1 aliphatic heterocycles. The largest absolute Gasteiger partial charge is 0.478 e. The minimum atomic E-state index is -5.32. The van der Waals surface area contributed by atoms with E-state index in [4.69, 9.17) is 5.11 Å². The van der Waals surface area contributed by atoms with Crippen LogP contribution in [0.2, 0.25) is 0 Å². The summed E-state index contributed by atoms with van der Waals surface area (Å²) in [4.78, 5) is 14.9. The van der Waals surface area contributed by atoms with Crippen LogP contribution in [-0.2, 0) is 17.8 Å². The van der Waals surface area contributed by atoms with Gasteiger partial charge in [0.25, 0.3) is 0 Å². The average molecular weight is 483 g/mol. The van der Waals surface area contributed by atoms with Crippen molar-refractivity contribution >= 4 is 12.2 Å². The summed E-state index contributed by atoms with van der Waals surface area (Å²) < 4.78 is 122. The molecular weight excluding hydrogens is 469 g/mol. The minimum Gasteiger partial charge on any atom is -0.478 e. The fraction of sp³-hybridized carbons (Fsp3) is 0.333. The molecule has 2 aromatic carbocycles. The number of nitrogens with zero attached hydrogens (tertiary/aromatic N) is 1. The van der Waals surface area contributed by atoms with Gasteiger partial charge in [-0.05, 0) is 54.3 Å². The van der Waals surface area contributed by atoms with Crippen molar-refractivity contribution in [2.24, 2.45) is 4.99 Å². The lowest BCUT2D eigenvalue weighted by Gasteiger charge is -2.31. The second kappa shape index (κ2) is 7.77. The Balaban J connectivity index is 2.14. The fourth-order valence-corrected chi connectivity index (χ4v) is 3.72. The molecule has 3 rings (SSSR count). The molecule has 2 aromatic rings. The molecule has 2 atom stereocenters. The van der Waals surface area contributed by atoms with E-state index in [1.165, 1.54) is 19.1 Å². The lowest BCUT2D eigenvalue weighted by molar-refractivity contribution is -0.170. The molecule has 0 spiro atoms. The van der Waals surface area contributed by atoms with Crippen LogP contribution in [0.1, 0.15) is 50.6 Å². The van der Waals surface area contributed by atoms with Gasteiger partial charge < -0.3 is 5.11 Å². The molecule has 3 nitrogen and oxygen atoms in total. The van der Waals surface area contributed by atoms with Crippen molar-refractivity contribution in [3.05, 3.63) is 69.8 Å². The van der Waals surface area contributed by atoms with E-state index in [-0.39, 0.29) is 34.9 Å². The van der Waals surface area contributed by atoms with E-state index in [0.29, 0.717) is 6.21 Å². The Bertz CT molecular complexity index is 1080. The number of alkyl halides is 9. The van der Waals surface area contributed by atoms with E-state index in [1.54, 1.807) is 0 Å². The summed E-state index contributed by atoms with van der Waals surface area (Å²) in [7, 11) is 0. The predicted octanol–water partition coefficient (Wildman–Crippen LogP) is 6.75. The van der Waals surface area contributed by atoms with E-state index >= 15 is 0 Å². The molecule has 0 amide bonds. The summed E-state index contributed by atoms with van der Waals surface area (Å²) in [5, 5.41) is 9.08. The fourth-order valence-electron chi connectivity index (χ4n) is 3.72. The normalized spacial score (nSPS) is 21.5. The van der Waals surface area contributed by atoms with Crippen LogP contribution in [0.25, 0.3) is 0 Å². The molecule has 2 unspecified atom stereocenters. The van der Waals surface area contributed by atoms with Gasteiger partial charge in [-0.25, -0.2) is 4.79 Å². The van der Waals surface area contributed by atoms with Gasteiger partial charge >= 0.3 is 24.5 Å². The SMILES string of the molecule is Cc1cc(C2CC(c3cc(C(F)(F)F)cc(C(F)(F)F)c3)(C(F)(F)F)C=N2)ccc1C(=O)O. The molecule has 178 valence electrons. The molecule has 0 saturated heterocycles. The zero-order chi connectivity index (χ0) is 25.0. The van der Waals surface area contributed by atoms with Crippen LogP contribution in [0.4, 0.5) is 39.5 Å². The van der Waals surface area contributed by atoms with Crippen LogP contribution in [0.15, 0.2) is 41.4 Å². The third kappa shape index (κ3) is 4.55. The summed E-state index contributed by atoms with van der Waals surface area (Å²) in [6.07, 6.45) is -16.6. The number of carboxylic acids is 1. The van der Waals surface area contributed by atoms with E-state index in [1.807, 2.05) is 0 Å². The molecule has 0 aliphatic carbocycles. The highest BCUT2D eigenvalue weighted by atomic mass is 19.4. The van der Waals surface area contributed by atoms with Gasteiger partial charge in [0.15, 0.2) is 0 Å². The first-order valence-electron chi connectivity index (χ1n) is 9.20. The monoisotopic (exact) mass is 483 g/mol. The molecule has 0 bridgehead atoms. The molecule has 0 fully saturated rings. The van der Waals surface area contributed by atoms with Crippen molar-refractivity contribution in [2.75, 3.05) is 0 Å². The van der Waals surface area contributed by atoms with Crippen LogP contribution >= 0.6 is 0 Å². The molecule has 33 heavy (non-hydrogen) atoms. The topological polar surface area (TPSA) is 49.7 Å². The summed E-state index contributed by atoms with van der Waals surface area (Å²) in [6, 6.07) is 2.21. The third-order valence-corrected chi connectivity index (χ3v) is 5.46. The zero-order valence-corrected chi connectivity index (χ0v) is 16.5. The van der Waals surface area contributed by atoms with Crippen LogP contribution in [-0.4, -0.2) is 23.5 Å². The van der Waals surface area contributed by atoms with Crippen LogP contribution in [0.3, 0.4) is 0 Å². The van der Waals surface area contributed by atoms with Crippen LogP contribution in [0, 0.1) is 6.92 Å². The molecule has 0 radical (unpaired) electrons. The zero-order valence-electron chi connectivity index (χ0n) is 16.5. The van der Waals surface area contributed by atoms with Gasteiger partial charge in [-0.2, -0.15) is 39.5 Å². The minimum absolute atomic E-state index is 0.0515. The van der Waals surface area contributed by atoms with E-state index < -0.39 is 59.1 Å². The summed E-state index contributed by atoms with van der Waals surface area (Å²) >= 11 is 0. The van der Waals surface area contributed by atoms with Crippen LogP contribution in [0.5, 0.6) is 0 Å². The molecular formula is C21H14F9NO2. The number of rotatable bonds is 3. The highest BCUT2D eigenvalue weighted by molar-refractivity contribution is 5.89. The first kappa shape index (κ1) is 24.6. The summed E-state index contributed by atoms with van der Waals surface area (Å²) in [5.41, 5.74) is -7.94. The lowest BCUT2D eigenvalue weighted by Crippen LogP contribution is -2.43. The van der Waals surface area contributed by atoms with Gasteiger partial charge in [0, 0.05) is 6.21 Å². The number of carbonyl (C=O) groups is 1. The predicted molar refractivity (Wildman–Crippen MR) is 98.2 cm³/mol. The highest BCUT2D eigenvalue weighted by Gasteiger charge is 2.59. The third-order valence-electron chi connectivity index (χ3n) is 5.46. The van der Waals surface area contributed by atoms with Gasteiger partial charge in [-0.1, -0.05) is 12.1 Å². The average Bonchev–Trinajstić information content (AvgIpc) is 3.13. The van der Waals surface area contributed by atoms with Crippen molar-refractivity contribution in [1.29, 1.82) is 0 Å². The van der Waals surface area contributed by atoms with Gasteiger partial charge in [0.05, 0.1) is 22.7 Å². The quantitative estimate of drug-likeness (QED) is 0.492. The Hall–Kier alpha value is -3.05. The van der Waals surface area contributed by atoms with E-state index in [9.17, 15) is 44.3 Å². The lowest BCUT2D eigenvalue weighted by atomic mass is 9.75. The first-order chi connectivity index (χ1) is 15.0. The van der Waals surface area contributed by atoms with Crippen molar-refractivity contribution in [3.8, 4) is 0 Å². The van der Waals surface area contributed by atoms with Gasteiger partial charge in [-0.15, -0.1) is 0 Å².